The average Bonchev–Trinajstić information content (AvgIpc) is 2.97. The minimum absolute atomic E-state index is 0.465. The maximum absolute atomic E-state index is 4.46. The Labute approximate surface area is 124 Å². The average molecular weight is 287 g/mol. The summed E-state index contributed by atoms with van der Waals surface area (Å²) in [7, 11) is 0. The van der Waals surface area contributed by atoms with Gasteiger partial charge in [0.2, 0.25) is 11.9 Å². The van der Waals surface area contributed by atoms with E-state index in [9.17, 15) is 0 Å². The van der Waals surface area contributed by atoms with Gasteiger partial charge in [0, 0.05) is 25.0 Å². The van der Waals surface area contributed by atoms with E-state index in [4.69, 9.17) is 0 Å². The number of nitrogens with one attached hydrogen (secondary N) is 2. The van der Waals surface area contributed by atoms with Gasteiger partial charge < -0.3 is 10.6 Å². The molecule has 7 nitrogen and oxygen atoms in total. The Hall–Kier alpha value is -2.18. The molecule has 3 rings (SSSR count). The number of rotatable bonds is 6. The molecule has 1 aliphatic rings. The molecular formula is C14H21N7. The molecule has 0 aliphatic heterocycles. The van der Waals surface area contributed by atoms with Crippen LogP contribution in [0.2, 0.25) is 0 Å². The largest absolute Gasteiger partial charge is 0.354 e. The summed E-state index contributed by atoms with van der Waals surface area (Å²) >= 11 is 0. The molecule has 2 aromatic heterocycles. The first-order chi connectivity index (χ1) is 10.2. The minimum atomic E-state index is 0.465. The van der Waals surface area contributed by atoms with Crippen molar-refractivity contribution >= 4 is 11.9 Å². The number of nitrogens with zero attached hydrogens (tertiary/aromatic N) is 5. The first-order valence-electron chi connectivity index (χ1n) is 7.51. The van der Waals surface area contributed by atoms with Crippen LogP contribution in [0.1, 0.15) is 33.1 Å². The van der Waals surface area contributed by atoms with Crippen molar-refractivity contribution in [3.8, 4) is 5.95 Å². The summed E-state index contributed by atoms with van der Waals surface area (Å²) in [5.41, 5.74) is 0. The first kappa shape index (κ1) is 13.8. The molecule has 0 radical (unpaired) electrons. The van der Waals surface area contributed by atoms with Crippen molar-refractivity contribution in [2.24, 2.45) is 5.92 Å². The molecule has 2 aromatic rings. The summed E-state index contributed by atoms with van der Waals surface area (Å²) in [5, 5.41) is 10.8. The van der Waals surface area contributed by atoms with E-state index in [0.29, 0.717) is 23.9 Å². The first-order valence-corrected chi connectivity index (χ1v) is 7.51. The normalized spacial score (nSPS) is 20.9. The highest BCUT2D eigenvalue weighted by molar-refractivity contribution is 5.38. The SMILES string of the molecule is CCCNc1nc(NC2CC(C)C2)nc(-n2cccn2)n1. The van der Waals surface area contributed by atoms with E-state index < -0.39 is 0 Å². The quantitative estimate of drug-likeness (QED) is 0.846. The van der Waals surface area contributed by atoms with Gasteiger partial charge in [-0.25, -0.2) is 4.68 Å². The van der Waals surface area contributed by atoms with Gasteiger partial charge in [-0.05, 0) is 31.2 Å². The summed E-state index contributed by atoms with van der Waals surface area (Å²) in [6, 6.07) is 2.32. The van der Waals surface area contributed by atoms with Crippen molar-refractivity contribution in [3.05, 3.63) is 18.5 Å². The van der Waals surface area contributed by atoms with Gasteiger partial charge >= 0.3 is 0 Å². The van der Waals surface area contributed by atoms with Gasteiger partial charge in [0.25, 0.3) is 5.95 Å². The molecule has 1 aliphatic carbocycles. The minimum Gasteiger partial charge on any atom is -0.354 e. The van der Waals surface area contributed by atoms with Crippen LogP contribution in [0.5, 0.6) is 0 Å². The molecule has 7 heteroatoms. The lowest BCUT2D eigenvalue weighted by Crippen LogP contribution is -2.34. The molecule has 0 atom stereocenters. The Bertz CT molecular complexity index is 575. The summed E-state index contributed by atoms with van der Waals surface area (Å²) < 4.78 is 1.65. The molecule has 0 aromatic carbocycles. The van der Waals surface area contributed by atoms with Crippen molar-refractivity contribution < 1.29 is 0 Å². The highest BCUT2D eigenvalue weighted by atomic mass is 15.4. The van der Waals surface area contributed by atoms with E-state index in [1.54, 1.807) is 10.9 Å². The standard InChI is InChI=1S/C14H21N7/c1-3-5-15-12-18-13(17-11-8-10(2)9-11)20-14(19-12)21-7-4-6-16-21/h4,6-7,10-11H,3,5,8-9H2,1-2H3,(H2,15,17,18,19,20). The summed E-state index contributed by atoms with van der Waals surface area (Å²) in [5.74, 6) is 2.52. The van der Waals surface area contributed by atoms with E-state index in [0.717, 1.165) is 18.9 Å². The van der Waals surface area contributed by atoms with Crippen molar-refractivity contribution in [1.29, 1.82) is 0 Å². The molecule has 0 saturated heterocycles. The third kappa shape index (κ3) is 3.29. The van der Waals surface area contributed by atoms with Crippen molar-refractivity contribution in [2.45, 2.75) is 39.2 Å². The van der Waals surface area contributed by atoms with E-state index in [-0.39, 0.29) is 0 Å². The van der Waals surface area contributed by atoms with Gasteiger partial charge in [-0.15, -0.1) is 0 Å². The Morgan fingerprint density at radius 2 is 2.05 bits per heavy atom. The number of hydrogen-bond acceptors (Lipinski definition) is 6. The molecule has 1 saturated carbocycles. The summed E-state index contributed by atoms with van der Waals surface area (Å²) in [6.45, 7) is 5.20. The second-order valence-electron chi connectivity index (χ2n) is 5.58. The molecule has 2 N–H and O–H groups in total. The zero-order chi connectivity index (χ0) is 14.7. The van der Waals surface area contributed by atoms with Crippen LogP contribution in [-0.4, -0.2) is 37.3 Å². The number of anilines is 2. The van der Waals surface area contributed by atoms with Crippen molar-refractivity contribution in [3.63, 3.8) is 0 Å². The van der Waals surface area contributed by atoms with Gasteiger partial charge in [0.15, 0.2) is 0 Å². The smallest absolute Gasteiger partial charge is 0.257 e. The summed E-state index contributed by atoms with van der Waals surface area (Å²) in [6.07, 6.45) is 6.89. The molecule has 1 fully saturated rings. The third-order valence-corrected chi connectivity index (χ3v) is 3.57. The van der Waals surface area contributed by atoms with E-state index in [2.05, 4.69) is 44.5 Å². The molecule has 0 amide bonds. The maximum atomic E-state index is 4.46. The van der Waals surface area contributed by atoms with Crippen LogP contribution < -0.4 is 10.6 Å². The van der Waals surface area contributed by atoms with Crippen LogP contribution in [0.15, 0.2) is 18.5 Å². The van der Waals surface area contributed by atoms with Gasteiger partial charge in [-0.1, -0.05) is 13.8 Å². The topological polar surface area (TPSA) is 80.5 Å². The van der Waals surface area contributed by atoms with E-state index in [1.165, 1.54) is 12.8 Å². The van der Waals surface area contributed by atoms with E-state index in [1.807, 2.05) is 12.3 Å². The highest BCUT2D eigenvalue weighted by Gasteiger charge is 2.26. The predicted octanol–water partition coefficient (Wildman–Crippen LogP) is 2.09. The summed E-state index contributed by atoms with van der Waals surface area (Å²) in [4.78, 5) is 13.3. The fourth-order valence-corrected chi connectivity index (χ4v) is 2.44. The third-order valence-electron chi connectivity index (χ3n) is 3.57. The van der Waals surface area contributed by atoms with Crippen LogP contribution in [0, 0.1) is 5.92 Å². The number of aromatic nitrogens is 5. The Kier molecular flexibility index (Phi) is 3.98. The molecule has 0 unspecified atom stereocenters. The van der Waals surface area contributed by atoms with Crippen LogP contribution >= 0.6 is 0 Å². The van der Waals surface area contributed by atoms with Gasteiger partial charge in [0.05, 0.1) is 0 Å². The lowest BCUT2D eigenvalue weighted by Gasteiger charge is -2.33. The fraction of sp³-hybridized carbons (Fsp3) is 0.571. The molecule has 21 heavy (non-hydrogen) atoms. The van der Waals surface area contributed by atoms with Crippen LogP contribution in [-0.2, 0) is 0 Å². The van der Waals surface area contributed by atoms with Crippen molar-refractivity contribution in [2.75, 3.05) is 17.2 Å². The lowest BCUT2D eigenvalue weighted by molar-refractivity contribution is 0.308. The Morgan fingerprint density at radius 1 is 1.24 bits per heavy atom. The van der Waals surface area contributed by atoms with Gasteiger partial charge in [-0.3, -0.25) is 0 Å². The fourth-order valence-electron chi connectivity index (χ4n) is 2.44. The zero-order valence-electron chi connectivity index (χ0n) is 12.5. The van der Waals surface area contributed by atoms with E-state index >= 15 is 0 Å². The van der Waals surface area contributed by atoms with Crippen LogP contribution in [0.3, 0.4) is 0 Å². The lowest BCUT2D eigenvalue weighted by atomic mass is 9.82. The predicted molar refractivity (Wildman–Crippen MR) is 81.5 cm³/mol. The zero-order valence-corrected chi connectivity index (χ0v) is 12.5. The molecule has 0 bridgehead atoms. The highest BCUT2D eigenvalue weighted by Crippen LogP contribution is 2.28. The van der Waals surface area contributed by atoms with Gasteiger partial charge in [0.1, 0.15) is 0 Å². The number of hydrogen-bond donors (Lipinski definition) is 2. The van der Waals surface area contributed by atoms with Crippen LogP contribution in [0.25, 0.3) is 5.95 Å². The molecular weight excluding hydrogens is 266 g/mol. The monoisotopic (exact) mass is 287 g/mol. The second-order valence-corrected chi connectivity index (χ2v) is 5.58. The molecule has 2 heterocycles. The Balaban J connectivity index is 1.82. The molecule has 0 spiro atoms. The Morgan fingerprint density at radius 3 is 2.71 bits per heavy atom. The molecule has 112 valence electrons. The van der Waals surface area contributed by atoms with Crippen LogP contribution in [0.4, 0.5) is 11.9 Å². The maximum Gasteiger partial charge on any atom is 0.257 e. The van der Waals surface area contributed by atoms with Crippen molar-refractivity contribution in [1.82, 2.24) is 24.7 Å². The second kappa shape index (κ2) is 6.07. The van der Waals surface area contributed by atoms with Gasteiger partial charge in [-0.2, -0.15) is 20.1 Å².